The van der Waals surface area contributed by atoms with E-state index in [0.29, 0.717) is 12.4 Å². The van der Waals surface area contributed by atoms with Gasteiger partial charge >= 0.3 is 0 Å². The summed E-state index contributed by atoms with van der Waals surface area (Å²) in [5.74, 6) is 0.460. The molecule has 2 heterocycles. The summed E-state index contributed by atoms with van der Waals surface area (Å²) in [6, 6.07) is 18.9. The summed E-state index contributed by atoms with van der Waals surface area (Å²) in [5.41, 5.74) is 2.63. The van der Waals surface area contributed by atoms with Gasteiger partial charge in [0, 0.05) is 58.6 Å². The average molecular weight is 503 g/mol. The van der Waals surface area contributed by atoms with Gasteiger partial charge in [0.2, 0.25) is 0 Å². The van der Waals surface area contributed by atoms with E-state index in [-0.39, 0.29) is 11.9 Å². The number of benzene rings is 3. The van der Waals surface area contributed by atoms with Crippen molar-refractivity contribution in [2.75, 3.05) is 39.3 Å². The Labute approximate surface area is 208 Å². The highest BCUT2D eigenvalue weighted by molar-refractivity contribution is 7.99. The van der Waals surface area contributed by atoms with Crippen molar-refractivity contribution in [3.05, 3.63) is 87.7 Å². The van der Waals surface area contributed by atoms with Crippen molar-refractivity contribution in [2.24, 2.45) is 0 Å². The first-order valence-corrected chi connectivity index (χ1v) is 12.7. The van der Waals surface area contributed by atoms with Gasteiger partial charge in [0.1, 0.15) is 18.2 Å². The largest absolute Gasteiger partial charge is 0.492 e. The number of halogens is 3. The molecule has 0 aromatic heterocycles. The van der Waals surface area contributed by atoms with Gasteiger partial charge in [-0.25, -0.2) is 4.39 Å². The molecule has 0 radical (unpaired) electrons. The summed E-state index contributed by atoms with van der Waals surface area (Å²) in [7, 11) is 0. The van der Waals surface area contributed by atoms with E-state index in [0.717, 1.165) is 49.2 Å². The van der Waals surface area contributed by atoms with Gasteiger partial charge in [-0.3, -0.25) is 9.80 Å². The first-order chi connectivity index (χ1) is 16.0. The Balaban J connectivity index is 1.25. The van der Waals surface area contributed by atoms with Gasteiger partial charge in [0.15, 0.2) is 0 Å². The molecule has 7 heteroatoms. The van der Waals surface area contributed by atoms with Crippen molar-refractivity contribution in [3.63, 3.8) is 0 Å². The molecule has 0 saturated carbocycles. The summed E-state index contributed by atoms with van der Waals surface area (Å²) >= 11 is 14.5. The van der Waals surface area contributed by atoms with Crippen LogP contribution in [0, 0.1) is 5.82 Å². The van der Waals surface area contributed by atoms with Crippen LogP contribution in [0.15, 0.2) is 70.5 Å². The predicted octanol–water partition coefficient (Wildman–Crippen LogP) is 6.58. The fourth-order valence-corrected chi connectivity index (χ4v) is 6.12. The van der Waals surface area contributed by atoms with Crippen molar-refractivity contribution in [3.8, 4) is 5.75 Å². The van der Waals surface area contributed by atoms with E-state index in [4.69, 9.17) is 27.9 Å². The highest BCUT2D eigenvalue weighted by atomic mass is 35.5. The Kier molecular flexibility index (Phi) is 7.14. The number of ether oxygens (including phenoxy) is 1. The third kappa shape index (κ3) is 5.50. The van der Waals surface area contributed by atoms with E-state index in [1.54, 1.807) is 23.9 Å². The quantitative estimate of drug-likeness (QED) is 0.391. The maximum Gasteiger partial charge on any atom is 0.123 e. The van der Waals surface area contributed by atoms with Crippen LogP contribution in [-0.2, 0) is 6.42 Å². The van der Waals surface area contributed by atoms with Gasteiger partial charge < -0.3 is 4.74 Å². The van der Waals surface area contributed by atoms with Crippen LogP contribution in [0.1, 0.15) is 17.2 Å². The lowest BCUT2D eigenvalue weighted by Gasteiger charge is -2.39. The lowest BCUT2D eigenvalue weighted by molar-refractivity contribution is 0.0850. The summed E-state index contributed by atoms with van der Waals surface area (Å²) in [5, 5.41) is 1.55. The number of fused-ring (bicyclic) bond motifs is 2. The number of piperazine rings is 1. The van der Waals surface area contributed by atoms with Gasteiger partial charge in [0.05, 0.1) is 0 Å². The maximum atomic E-state index is 13.0. The zero-order chi connectivity index (χ0) is 22.8. The van der Waals surface area contributed by atoms with E-state index in [1.807, 2.05) is 12.1 Å². The zero-order valence-electron chi connectivity index (χ0n) is 18.1. The van der Waals surface area contributed by atoms with Crippen molar-refractivity contribution in [1.29, 1.82) is 0 Å². The van der Waals surface area contributed by atoms with Gasteiger partial charge in [0.25, 0.3) is 0 Å². The minimum absolute atomic E-state index is 0.246. The summed E-state index contributed by atoms with van der Waals surface area (Å²) in [6.45, 7) is 5.40. The van der Waals surface area contributed by atoms with E-state index in [2.05, 4.69) is 34.1 Å². The van der Waals surface area contributed by atoms with Crippen LogP contribution in [-0.4, -0.2) is 49.1 Å². The lowest BCUT2D eigenvalue weighted by Crippen LogP contribution is -2.49. The van der Waals surface area contributed by atoms with Crippen LogP contribution >= 0.6 is 35.0 Å². The van der Waals surface area contributed by atoms with E-state index >= 15 is 0 Å². The topological polar surface area (TPSA) is 15.7 Å². The van der Waals surface area contributed by atoms with Crippen LogP contribution in [0.3, 0.4) is 0 Å². The summed E-state index contributed by atoms with van der Waals surface area (Å²) < 4.78 is 18.8. The molecule has 0 bridgehead atoms. The highest BCUT2D eigenvalue weighted by Gasteiger charge is 2.30. The molecule has 0 amide bonds. The molecule has 1 fully saturated rings. The van der Waals surface area contributed by atoms with Crippen LogP contribution in [0.2, 0.25) is 10.0 Å². The Bertz CT molecular complexity index is 1120. The Morgan fingerprint density at radius 3 is 2.39 bits per heavy atom. The molecule has 1 atom stereocenters. The van der Waals surface area contributed by atoms with Crippen LogP contribution in [0.25, 0.3) is 0 Å². The second kappa shape index (κ2) is 10.2. The number of nitrogens with zero attached hydrogens (tertiary/aromatic N) is 2. The molecule has 3 aromatic carbocycles. The van der Waals surface area contributed by atoms with Gasteiger partial charge in [-0.2, -0.15) is 0 Å². The van der Waals surface area contributed by atoms with Gasteiger partial charge in [-0.05, 0) is 72.1 Å². The van der Waals surface area contributed by atoms with E-state index in [9.17, 15) is 4.39 Å². The third-order valence-corrected chi connectivity index (χ3v) is 7.99. The monoisotopic (exact) mass is 502 g/mol. The first kappa shape index (κ1) is 23.0. The van der Waals surface area contributed by atoms with Crippen molar-refractivity contribution in [2.45, 2.75) is 22.3 Å². The van der Waals surface area contributed by atoms with Crippen molar-refractivity contribution in [1.82, 2.24) is 9.80 Å². The molecule has 3 nitrogen and oxygen atoms in total. The molecule has 0 N–H and O–H groups in total. The second-order valence-electron chi connectivity index (χ2n) is 8.44. The lowest BCUT2D eigenvalue weighted by atomic mass is 9.96. The standard InChI is InChI=1S/C26H25Cl2FN2OS/c27-19-3-8-25-23(16-19)24(15-18-1-2-20(28)17-26(18)33-25)31-11-9-30(10-12-31)13-14-32-22-6-4-21(29)5-7-22/h1-8,16-17,24H,9-15H2. The molecular formula is C26H25Cl2FN2OS. The maximum absolute atomic E-state index is 13.0. The second-order valence-corrected chi connectivity index (χ2v) is 10.4. The Morgan fingerprint density at radius 1 is 0.879 bits per heavy atom. The summed E-state index contributed by atoms with van der Waals surface area (Å²) in [4.78, 5) is 7.49. The molecule has 33 heavy (non-hydrogen) atoms. The molecule has 2 aliphatic heterocycles. The Hall–Kier alpha value is -1.76. The van der Waals surface area contributed by atoms with Crippen molar-refractivity contribution >= 4 is 35.0 Å². The van der Waals surface area contributed by atoms with Crippen molar-refractivity contribution < 1.29 is 9.13 Å². The normalized spacial score (nSPS) is 18.9. The molecule has 3 aromatic rings. The molecule has 0 aliphatic carbocycles. The fourth-order valence-electron chi connectivity index (χ4n) is 4.55. The molecule has 1 saturated heterocycles. The number of hydrogen-bond donors (Lipinski definition) is 0. The fraction of sp³-hybridized carbons (Fsp3) is 0.308. The van der Waals surface area contributed by atoms with Gasteiger partial charge in [-0.1, -0.05) is 41.0 Å². The Morgan fingerprint density at radius 2 is 1.61 bits per heavy atom. The van der Waals surface area contributed by atoms with Crippen LogP contribution < -0.4 is 4.74 Å². The van der Waals surface area contributed by atoms with Crippen LogP contribution in [0.5, 0.6) is 5.75 Å². The van der Waals surface area contributed by atoms with E-state index in [1.165, 1.54) is 33.1 Å². The molecule has 2 aliphatic rings. The average Bonchev–Trinajstić information content (AvgIpc) is 2.97. The first-order valence-electron chi connectivity index (χ1n) is 11.2. The molecule has 172 valence electrons. The molecule has 0 spiro atoms. The SMILES string of the molecule is Fc1ccc(OCCN2CCN(C3Cc4ccc(Cl)cc4Sc4ccc(Cl)cc43)CC2)cc1. The minimum atomic E-state index is -0.246. The number of hydrogen-bond acceptors (Lipinski definition) is 4. The zero-order valence-corrected chi connectivity index (χ0v) is 20.5. The molecule has 1 unspecified atom stereocenters. The summed E-state index contributed by atoms with van der Waals surface area (Å²) in [6.07, 6.45) is 0.945. The van der Waals surface area contributed by atoms with Gasteiger partial charge in [-0.15, -0.1) is 0 Å². The smallest absolute Gasteiger partial charge is 0.123 e. The van der Waals surface area contributed by atoms with Crippen LogP contribution in [0.4, 0.5) is 4.39 Å². The third-order valence-electron chi connectivity index (χ3n) is 6.33. The minimum Gasteiger partial charge on any atom is -0.492 e. The number of rotatable bonds is 5. The highest BCUT2D eigenvalue weighted by Crippen LogP contribution is 2.44. The molecular weight excluding hydrogens is 478 g/mol. The van der Waals surface area contributed by atoms with E-state index < -0.39 is 0 Å². The molecule has 5 rings (SSSR count). The predicted molar refractivity (Wildman–Crippen MR) is 133 cm³/mol.